The molecule has 0 aliphatic carbocycles. The molecule has 2 aromatic rings. The lowest BCUT2D eigenvalue weighted by molar-refractivity contribution is 0.863. The van der Waals surface area contributed by atoms with E-state index in [0.29, 0.717) is 19.0 Å². The largest absolute Gasteiger partial charge is 0.357 e. The number of aliphatic imine (C=N–C) groups is 1. The molecule has 0 saturated carbocycles. The molecule has 0 atom stereocenters. The number of terminal acetylenes is 1. The summed E-state index contributed by atoms with van der Waals surface area (Å²) >= 11 is 0. The SMILES string of the molecule is C#CCNC(=NCc1cnn(-c2ccccc2)c1)NCC.I. The van der Waals surface area contributed by atoms with Crippen molar-refractivity contribution in [1.82, 2.24) is 20.4 Å². The maximum atomic E-state index is 5.24. The Hall–Kier alpha value is -2.01. The van der Waals surface area contributed by atoms with Gasteiger partial charge < -0.3 is 10.6 Å². The molecule has 0 spiro atoms. The zero-order chi connectivity index (χ0) is 14.9. The number of hydrogen-bond donors (Lipinski definition) is 2. The van der Waals surface area contributed by atoms with E-state index in [1.165, 1.54) is 0 Å². The van der Waals surface area contributed by atoms with E-state index in [2.05, 4.69) is 26.6 Å². The lowest BCUT2D eigenvalue weighted by atomic mass is 10.3. The van der Waals surface area contributed by atoms with E-state index in [1.807, 2.05) is 54.3 Å². The summed E-state index contributed by atoms with van der Waals surface area (Å²) in [5.74, 6) is 3.24. The van der Waals surface area contributed by atoms with Crippen LogP contribution in [0.4, 0.5) is 0 Å². The van der Waals surface area contributed by atoms with Crippen molar-refractivity contribution >= 4 is 29.9 Å². The van der Waals surface area contributed by atoms with E-state index in [9.17, 15) is 0 Å². The van der Waals surface area contributed by atoms with Gasteiger partial charge in [0.2, 0.25) is 0 Å². The Morgan fingerprint density at radius 1 is 1.32 bits per heavy atom. The summed E-state index contributed by atoms with van der Waals surface area (Å²) in [5.41, 5.74) is 2.07. The topological polar surface area (TPSA) is 54.2 Å². The summed E-state index contributed by atoms with van der Waals surface area (Å²) < 4.78 is 1.84. The molecule has 0 aliphatic rings. The molecule has 2 N–H and O–H groups in total. The number of nitrogens with zero attached hydrogens (tertiary/aromatic N) is 3. The van der Waals surface area contributed by atoms with Gasteiger partial charge >= 0.3 is 0 Å². The number of guanidine groups is 1. The van der Waals surface area contributed by atoms with Crippen LogP contribution in [0.3, 0.4) is 0 Å². The molecular formula is C16H20IN5. The zero-order valence-corrected chi connectivity index (χ0v) is 14.8. The van der Waals surface area contributed by atoms with Crippen LogP contribution >= 0.6 is 24.0 Å². The van der Waals surface area contributed by atoms with E-state index < -0.39 is 0 Å². The first-order valence-electron chi connectivity index (χ1n) is 6.88. The van der Waals surface area contributed by atoms with Gasteiger partial charge in [0.15, 0.2) is 5.96 Å². The van der Waals surface area contributed by atoms with Crippen molar-refractivity contribution in [1.29, 1.82) is 0 Å². The van der Waals surface area contributed by atoms with E-state index in [-0.39, 0.29) is 24.0 Å². The van der Waals surface area contributed by atoms with Gasteiger partial charge in [0.25, 0.3) is 0 Å². The third-order valence-electron chi connectivity index (χ3n) is 2.78. The van der Waals surface area contributed by atoms with Gasteiger partial charge in [0.1, 0.15) is 0 Å². The predicted octanol–water partition coefficient (Wildman–Crippen LogP) is 2.18. The second kappa shape index (κ2) is 9.84. The number of halogens is 1. The van der Waals surface area contributed by atoms with Crippen LogP contribution < -0.4 is 10.6 Å². The Balaban J connectivity index is 0.00000242. The minimum absolute atomic E-state index is 0. The molecule has 0 amide bonds. The lowest BCUT2D eigenvalue weighted by Gasteiger charge is -2.07. The molecule has 1 aromatic heterocycles. The van der Waals surface area contributed by atoms with Crippen molar-refractivity contribution in [2.45, 2.75) is 13.5 Å². The number of nitrogens with one attached hydrogen (secondary N) is 2. The van der Waals surface area contributed by atoms with Gasteiger partial charge in [0, 0.05) is 18.3 Å². The average Bonchev–Trinajstić information content (AvgIpc) is 3.00. The fourth-order valence-corrected chi connectivity index (χ4v) is 1.81. The summed E-state index contributed by atoms with van der Waals surface area (Å²) in [4.78, 5) is 4.47. The molecule has 0 bridgehead atoms. The standard InChI is InChI=1S/C16H19N5.HI/c1-3-10-18-16(17-4-2)19-11-14-12-20-21(13-14)15-8-6-5-7-9-15;/h1,5-9,12-13H,4,10-11H2,2H3,(H2,17,18,19);1H. The third-order valence-corrected chi connectivity index (χ3v) is 2.78. The highest BCUT2D eigenvalue weighted by Crippen LogP contribution is 2.08. The molecule has 22 heavy (non-hydrogen) atoms. The highest BCUT2D eigenvalue weighted by Gasteiger charge is 2.01. The minimum Gasteiger partial charge on any atom is -0.357 e. The maximum Gasteiger partial charge on any atom is 0.192 e. The second-order valence-electron chi connectivity index (χ2n) is 4.38. The number of hydrogen-bond acceptors (Lipinski definition) is 2. The van der Waals surface area contributed by atoms with Crippen LogP contribution in [0.5, 0.6) is 0 Å². The van der Waals surface area contributed by atoms with Crippen molar-refractivity contribution in [3.05, 3.63) is 48.3 Å². The van der Waals surface area contributed by atoms with E-state index in [0.717, 1.165) is 17.8 Å². The van der Waals surface area contributed by atoms with Crippen molar-refractivity contribution in [2.24, 2.45) is 4.99 Å². The van der Waals surface area contributed by atoms with Gasteiger partial charge in [-0.2, -0.15) is 5.10 Å². The number of aromatic nitrogens is 2. The molecule has 1 heterocycles. The van der Waals surface area contributed by atoms with Crippen LogP contribution in [-0.4, -0.2) is 28.8 Å². The fourth-order valence-electron chi connectivity index (χ4n) is 1.81. The van der Waals surface area contributed by atoms with E-state index >= 15 is 0 Å². The normalized spacial score (nSPS) is 10.5. The van der Waals surface area contributed by atoms with Crippen LogP contribution in [-0.2, 0) is 6.54 Å². The molecule has 0 fully saturated rings. The highest BCUT2D eigenvalue weighted by atomic mass is 127. The molecule has 2 rings (SSSR count). The average molecular weight is 409 g/mol. The quantitative estimate of drug-likeness (QED) is 0.345. The minimum atomic E-state index is 0. The summed E-state index contributed by atoms with van der Waals surface area (Å²) in [6, 6.07) is 9.99. The number of benzene rings is 1. The second-order valence-corrected chi connectivity index (χ2v) is 4.38. The fraction of sp³-hybridized carbons (Fsp3) is 0.250. The highest BCUT2D eigenvalue weighted by molar-refractivity contribution is 14.0. The molecule has 5 nitrogen and oxygen atoms in total. The first-order valence-corrected chi connectivity index (χ1v) is 6.88. The summed E-state index contributed by atoms with van der Waals surface area (Å²) in [5, 5.41) is 10.5. The van der Waals surface area contributed by atoms with Gasteiger partial charge in [-0.1, -0.05) is 24.1 Å². The number of para-hydroxylation sites is 1. The Labute approximate surface area is 148 Å². The van der Waals surface area contributed by atoms with Gasteiger partial charge in [-0.05, 0) is 19.1 Å². The molecule has 1 aromatic carbocycles. The lowest BCUT2D eigenvalue weighted by Crippen LogP contribution is -2.37. The van der Waals surface area contributed by atoms with Crippen molar-refractivity contribution in [2.75, 3.05) is 13.1 Å². The van der Waals surface area contributed by atoms with Crippen LogP contribution in [0.25, 0.3) is 5.69 Å². The van der Waals surface area contributed by atoms with Crippen LogP contribution in [0.2, 0.25) is 0 Å². The third kappa shape index (κ3) is 5.41. The van der Waals surface area contributed by atoms with Gasteiger partial charge in [-0.15, -0.1) is 30.4 Å². The van der Waals surface area contributed by atoms with Crippen LogP contribution in [0.1, 0.15) is 12.5 Å². The molecule has 0 radical (unpaired) electrons. The molecule has 116 valence electrons. The van der Waals surface area contributed by atoms with E-state index in [4.69, 9.17) is 6.42 Å². The molecule has 6 heteroatoms. The van der Waals surface area contributed by atoms with Crippen molar-refractivity contribution in [3.8, 4) is 18.0 Å². The van der Waals surface area contributed by atoms with Crippen LogP contribution in [0.15, 0.2) is 47.7 Å². The summed E-state index contributed by atoms with van der Waals surface area (Å²) in [6.07, 6.45) is 9.04. The van der Waals surface area contributed by atoms with Gasteiger partial charge in [0.05, 0.1) is 25.0 Å². The van der Waals surface area contributed by atoms with Crippen molar-refractivity contribution in [3.63, 3.8) is 0 Å². The first kappa shape index (κ1) is 18.0. The summed E-state index contributed by atoms with van der Waals surface area (Å²) in [7, 11) is 0. The molecule has 0 saturated heterocycles. The summed E-state index contributed by atoms with van der Waals surface area (Å²) in [6.45, 7) is 3.81. The monoisotopic (exact) mass is 409 g/mol. The Kier molecular flexibility index (Phi) is 8.07. The van der Waals surface area contributed by atoms with E-state index in [1.54, 1.807) is 0 Å². The smallest absolute Gasteiger partial charge is 0.192 e. The molecular weight excluding hydrogens is 389 g/mol. The Bertz CT molecular complexity index is 627. The van der Waals surface area contributed by atoms with Crippen LogP contribution in [0, 0.1) is 12.3 Å². The van der Waals surface area contributed by atoms with Crippen molar-refractivity contribution < 1.29 is 0 Å². The maximum absolute atomic E-state index is 5.24. The van der Waals surface area contributed by atoms with Gasteiger partial charge in [-0.3, -0.25) is 0 Å². The number of rotatable bonds is 5. The zero-order valence-electron chi connectivity index (χ0n) is 12.5. The van der Waals surface area contributed by atoms with Gasteiger partial charge in [-0.25, -0.2) is 9.67 Å². The Morgan fingerprint density at radius 2 is 2.09 bits per heavy atom. The Morgan fingerprint density at radius 3 is 2.77 bits per heavy atom. The molecule has 0 aliphatic heterocycles. The first-order chi connectivity index (χ1) is 10.3. The molecule has 0 unspecified atom stereocenters. The predicted molar refractivity (Wildman–Crippen MR) is 101 cm³/mol.